The Balaban J connectivity index is 1.60. The van der Waals surface area contributed by atoms with Gasteiger partial charge in [-0.3, -0.25) is 4.90 Å². The zero-order valence-electron chi connectivity index (χ0n) is 15.0. The van der Waals surface area contributed by atoms with Gasteiger partial charge in [-0.05, 0) is 24.0 Å². The van der Waals surface area contributed by atoms with Gasteiger partial charge in [-0.1, -0.05) is 54.6 Å². The van der Waals surface area contributed by atoms with Crippen LogP contribution in [-0.2, 0) is 20.0 Å². The zero-order chi connectivity index (χ0) is 17.9. The maximum Gasteiger partial charge on any atom is 0.163 e. The number of aliphatic hydroxyl groups excluding tert-OH is 1. The number of hydrogen-bond acceptors (Lipinski definition) is 4. The topological polar surface area (TPSA) is 54.2 Å². The predicted octanol–water partition coefficient (Wildman–Crippen LogP) is 2.96. The molecule has 0 bridgehead atoms. The van der Waals surface area contributed by atoms with Crippen molar-refractivity contribution in [2.45, 2.75) is 25.4 Å². The van der Waals surface area contributed by atoms with E-state index in [4.69, 9.17) is 0 Å². The molecule has 5 nitrogen and oxygen atoms in total. The third-order valence-corrected chi connectivity index (χ3v) is 5.27. The van der Waals surface area contributed by atoms with Crippen molar-refractivity contribution in [2.24, 2.45) is 7.05 Å². The summed E-state index contributed by atoms with van der Waals surface area (Å²) in [6, 6.07) is 19.1. The van der Waals surface area contributed by atoms with E-state index in [1.54, 1.807) is 0 Å². The maximum absolute atomic E-state index is 9.59. The second-order valence-electron chi connectivity index (χ2n) is 6.81. The molecule has 134 valence electrons. The molecule has 0 radical (unpaired) electrons. The Morgan fingerprint density at radius 1 is 1.08 bits per heavy atom. The molecule has 2 aromatic carbocycles. The summed E-state index contributed by atoms with van der Waals surface area (Å²) < 4.78 is 2.06. The number of benzene rings is 2. The summed E-state index contributed by atoms with van der Waals surface area (Å²) in [5.74, 6) is 1.79. The normalized spacial score (nSPS) is 16.2. The van der Waals surface area contributed by atoms with Crippen molar-refractivity contribution in [3.8, 4) is 11.4 Å². The molecule has 26 heavy (non-hydrogen) atoms. The molecule has 0 spiro atoms. The first-order chi connectivity index (χ1) is 12.8. The minimum Gasteiger partial charge on any atom is -0.395 e. The van der Waals surface area contributed by atoms with Crippen molar-refractivity contribution >= 4 is 0 Å². The highest BCUT2D eigenvalue weighted by molar-refractivity contribution is 5.54. The van der Waals surface area contributed by atoms with Crippen LogP contribution < -0.4 is 0 Å². The second-order valence-corrected chi connectivity index (χ2v) is 6.81. The summed E-state index contributed by atoms with van der Waals surface area (Å²) >= 11 is 0. The van der Waals surface area contributed by atoms with Gasteiger partial charge in [-0.2, -0.15) is 0 Å². The molecule has 1 aliphatic rings. The molecule has 3 aromatic rings. The number of rotatable bonds is 6. The van der Waals surface area contributed by atoms with Crippen LogP contribution in [0.4, 0.5) is 0 Å². The van der Waals surface area contributed by atoms with E-state index in [0.29, 0.717) is 19.1 Å². The minimum absolute atomic E-state index is 0.141. The highest BCUT2D eigenvalue weighted by Gasteiger charge is 2.28. The summed E-state index contributed by atoms with van der Waals surface area (Å²) in [7, 11) is 2.01. The van der Waals surface area contributed by atoms with Crippen molar-refractivity contribution in [3.63, 3.8) is 0 Å². The molecule has 1 N–H and O–H groups in total. The molecule has 1 unspecified atom stereocenters. The van der Waals surface area contributed by atoms with Gasteiger partial charge >= 0.3 is 0 Å². The monoisotopic (exact) mass is 348 g/mol. The van der Waals surface area contributed by atoms with Crippen LogP contribution >= 0.6 is 0 Å². The van der Waals surface area contributed by atoms with Crippen LogP contribution in [0.2, 0.25) is 0 Å². The predicted molar refractivity (Wildman–Crippen MR) is 101 cm³/mol. The lowest BCUT2D eigenvalue weighted by Crippen LogP contribution is -2.31. The third-order valence-electron chi connectivity index (χ3n) is 5.27. The van der Waals surface area contributed by atoms with Crippen LogP contribution in [0.15, 0.2) is 54.6 Å². The largest absolute Gasteiger partial charge is 0.395 e. The summed E-state index contributed by atoms with van der Waals surface area (Å²) in [6.07, 6.45) is 2.18. The molecule has 0 amide bonds. The van der Waals surface area contributed by atoms with Crippen molar-refractivity contribution < 1.29 is 5.11 Å². The van der Waals surface area contributed by atoms with Gasteiger partial charge in [0.2, 0.25) is 0 Å². The minimum atomic E-state index is 0.141. The van der Waals surface area contributed by atoms with Crippen molar-refractivity contribution in [1.82, 2.24) is 19.7 Å². The van der Waals surface area contributed by atoms with Gasteiger partial charge in [0, 0.05) is 25.2 Å². The first kappa shape index (κ1) is 16.9. The summed E-state index contributed by atoms with van der Waals surface area (Å²) in [5, 5.41) is 18.4. The average molecular weight is 348 g/mol. The van der Waals surface area contributed by atoms with E-state index in [2.05, 4.69) is 43.9 Å². The molecule has 0 saturated carbocycles. The van der Waals surface area contributed by atoms with Crippen LogP contribution in [0.5, 0.6) is 0 Å². The van der Waals surface area contributed by atoms with Crippen molar-refractivity contribution in [2.75, 3.05) is 13.2 Å². The van der Waals surface area contributed by atoms with Crippen molar-refractivity contribution in [1.29, 1.82) is 0 Å². The Bertz CT molecular complexity index is 875. The first-order valence-corrected chi connectivity index (χ1v) is 9.14. The third kappa shape index (κ3) is 3.16. The molecule has 4 rings (SSSR count). The van der Waals surface area contributed by atoms with E-state index in [-0.39, 0.29) is 6.61 Å². The molecule has 5 heteroatoms. The second kappa shape index (κ2) is 7.40. The smallest absolute Gasteiger partial charge is 0.163 e. The van der Waals surface area contributed by atoms with Gasteiger partial charge in [-0.15, -0.1) is 10.2 Å². The van der Waals surface area contributed by atoms with Gasteiger partial charge in [0.25, 0.3) is 0 Å². The average Bonchev–Trinajstić information content (AvgIpc) is 3.26. The molecule has 0 fully saturated rings. The molecule has 1 aliphatic carbocycles. The SMILES string of the molecule is Cn1c(CN(CCO)C2CCc3ccccc32)nnc1-c1ccccc1. The zero-order valence-corrected chi connectivity index (χ0v) is 15.0. The molecule has 1 aromatic heterocycles. The number of aryl methyl sites for hydroxylation is 1. The maximum atomic E-state index is 9.59. The van der Waals surface area contributed by atoms with E-state index in [1.807, 2.05) is 37.4 Å². The van der Waals surface area contributed by atoms with Gasteiger partial charge in [0.05, 0.1) is 13.2 Å². The van der Waals surface area contributed by atoms with E-state index >= 15 is 0 Å². The van der Waals surface area contributed by atoms with E-state index < -0.39 is 0 Å². The number of aliphatic hydroxyl groups is 1. The fourth-order valence-electron chi connectivity index (χ4n) is 3.91. The van der Waals surface area contributed by atoms with Gasteiger partial charge in [0.15, 0.2) is 5.82 Å². The Kier molecular flexibility index (Phi) is 4.82. The lowest BCUT2D eigenvalue weighted by Gasteiger charge is -2.28. The Hall–Kier alpha value is -2.50. The van der Waals surface area contributed by atoms with Crippen LogP contribution in [-0.4, -0.2) is 37.9 Å². The number of nitrogens with zero attached hydrogens (tertiary/aromatic N) is 4. The lowest BCUT2D eigenvalue weighted by molar-refractivity contribution is 0.138. The standard InChI is InChI=1S/C21H24N4O/c1-24-20(22-23-21(24)17-8-3-2-4-9-17)15-25(13-14-26)19-12-11-16-7-5-6-10-18(16)19/h2-10,19,26H,11-15H2,1H3. The summed E-state index contributed by atoms with van der Waals surface area (Å²) in [4.78, 5) is 2.32. The molecule has 0 saturated heterocycles. The molecular formula is C21H24N4O. The van der Waals surface area contributed by atoms with Crippen LogP contribution in [0.3, 0.4) is 0 Å². The molecular weight excluding hydrogens is 324 g/mol. The molecule has 1 atom stereocenters. The molecule has 0 aliphatic heterocycles. The van der Waals surface area contributed by atoms with Crippen LogP contribution in [0.1, 0.15) is 29.4 Å². The first-order valence-electron chi connectivity index (χ1n) is 9.14. The van der Waals surface area contributed by atoms with E-state index in [9.17, 15) is 5.11 Å². The lowest BCUT2D eigenvalue weighted by atomic mass is 10.1. The number of aromatic nitrogens is 3. The van der Waals surface area contributed by atoms with Gasteiger partial charge in [0.1, 0.15) is 5.82 Å². The fraction of sp³-hybridized carbons (Fsp3) is 0.333. The highest BCUT2D eigenvalue weighted by atomic mass is 16.3. The number of hydrogen-bond donors (Lipinski definition) is 1. The quantitative estimate of drug-likeness (QED) is 0.744. The van der Waals surface area contributed by atoms with E-state index in [0.717, 1.165) is 30.1 Å². The summed E-state index contributed by atoms with van der Waals surface area (Å²) in [6.45, 7) is 1.45. The Morgan fingerprint density at radius 2 is 1.85 bits per heavy atom. The number of fused-ring (bicyclic) bond motifs is 1. The summed E-state index contributed by atoms with van der Waals surface area (Å²) in [5.41, 5.74) is 3.86. The van der Waals surface area contributed by atoms with Crippen LogP contribution in [0.25, 0.3) is 11.4 Å². The Labute approximate surface area is 153 Å². The van der Waals surface area contributed by atoms with Gasteiger partial charge < -0.3 is 9.67 Å². The van der Waals surface area contributed by atoms with Gasteiger partial charge in [-0.25, -0.2) is 0 Å². The molecule has 1 heterocycles. The van der Waals surface area contributed by atoms with E-state index in [1.165, 1.54) is 11.1 Å². The van der Waals surface area contributed by atoms with Crippen LogP contribution in [0, 0.1) is 0 Å². The van der Waals surface area contributed by atoms with Crippen molar-refractivity contribution in [3.05, 3.63) is 71.5 Å². The Morgan fingerprint density at radius 3 is 2.65 bits per heavy atom. The fourth-order valence-corrected chi connectivity index (χ4v) is 3.91. The highest BCUT2D eigenvalue weighted by Crippen LogP contribution is 2.36.